The molecule has 32 heavy (non-hydrogen) atoms. The number of pyridine rings is 1. The second-order valence-electron chi connectivity index (χ2n) is 7.34. The SMILES string of the molecule is C=C(C)c1cnc2[nH]cc(-c3ncc4[nH]c(=O)n(C(C)C(=O)NCC(F)(F)F)c4n3)c2c1. The number of carbonyl (C=O) groups excluding carboxylic acids is 1. The van der Waals surface area contributed by atoms with Gasteiger partial charge in [0.25, 0.3) is 0 Å². The number of nitrogens with zero attached hydrogens (tertiary/aromatic N) is 4. The third-order valence-electron chi connectivity index (χ3n) is 4.95. The molecule has 12 heteroatoms. The zero-order chi connectivity index (χ0) is 23.2. The molecule has 0 fully saturated rings. The van der Waals surface area contributed by atoms with E-state index in [-0.39, 0.29) is 17.0 Å². The summed E-state index contributed by atoms with van der Waals surface area (Å²) in [6.45, 7) is 5.57. The van der Waals surface area contributed by atoms with Crippen LogP contribution < -0.4 is 11.0 Å². The van der Waals surface area contributed by atoms with Gasteiger partial charge in [-0.15, -0.1) is 0 Å². The first-order valence-electron chi connectivity index (χ1n) is 9.50. The molecule has 1 unspecified atom stereocenters. The molecule has 4 aromatic heterocycles. The standard InChI is InChI=1S/C20H18F3N7O2/c1-9(2)11-4-12-13(6-25-15(12)24-5-11)16-26-7-14-17(29-16)30(19(32)28-14)10(3)18(31)27-8-20(21,22)23/h4-7,10H,1,8H2,2-3H3,(H,24,25)(H,27,31)(H,28,32). The monoisotopic (exact) mass is 445 g/mol. The van der Waals surface area contributed by atoms with Crippen LogP contribution in [0.2, 0.25) is 0 Å². The molecule has 1 atom stereocenters. The molecule has 4 heterocycles. The number of hydrogen-bond acceptors (Lipinski definition) is 5. The summed E-state index contributed by atoms with van der Waals surface area (Å²) in [5.74, 6) is -0.715. The van der Waals surface area contributed by atoms with Gasteiger partial charge in [-0.05, 0) is 31.1 Å². The summed E-state index contributed by atoms with van der Waals surface area (Å²) < 4.78 is 38.3. The van der Waals surface area contributed by atoms with E-state index in [4.69, 9.17) is 0 Å². The molecule has 0 aliphatic heterocycles. The van der Waals surface area contributed by atoms with Crippen molar-refractivity contribution in [3.63, 3.8) is 0 Å². The van der Waals surface area contributed by atoms with Crippen LogP contribution >= 0.6 is 0 Å². The van der Waals surface area contributed by atoms with Crippen molar-refractivity contribution in [2.24, 2.45) is 0 Å². The van der Waals surface area contributed by atoms with Crippen molar-refractivity contribution >= 4 is 33.7 Å². The van der Waals surface area contributed by atoms with Crippen molar-refractivity contribution < 1.29 is 18.0 Å². The second-order valence-corrected chi connectivity index (χ2v) is 7.34. The van der Waals surface area contributed by atoms with Crippen LogP contribution in [-0.4, -0.2) is 48.1 Å². The zero-order valence-corrected chi connectivity index (χ0v) is 17.0. The number of fused-ring (bicyclic) bond motifs is 2. The number of amides is 1. The van der Waals surface area contributed by atoms with Crippen molar-refractivity contribution in [1.82, 2.24) is 34.8 Å². The first kappa shape index (κ1) is 21.3. The van der Waals surface area contributed by atoms with Crippen LogP contribution in [0, 0.1) is 0 Å². The van der Waals surface area contributed by atoms with Crippen LogP contribution in [0.3, 0.4) is 0 Å². The first-order chi connectivity index (χ1) is 15.0. The predicted molar refractivity (Wildman–Crippen MR) is 112 cm³/mol. The largest absolute Gasteiger partial charge is 0.405 e. The number of nitrogens with one attached hydrogen (secondary N) is 3. The molecule has 4 aromatic rings. The average molecular weight is 445 g/mol. The molecule has 0 saturated heterocycles. The summed E-state index contributed by atoms with van der Waals surface area (Å²) in [5.41, 5.74) is 2.50. The lowest BCUT2D eigenvalue weighted by atomic mass is 10.1. The Bertz CT molecular complexity index is 1410. The average Bonchev–Trinajstić information content (AvgIpc) is 3.29. The molecular formula is C20H18F3N7O2. The van der Waals surface area contributed by atoms with Crippen molar-refractivity contribution in [1.29, 1.82) is 0 Å². The second kappa shape index (κ2) is 7.62. The van der Waals surface area contributed by atoms with Gasteiger partial charge < -0.3 is 15.3 Å². The van der Waals surface area contributed by atoms with Gasteiger partial charge >= 0.3 is 11.9 Å². The molecule has 0 aliphatic carbocycles. The minimum Gasteiger partial charge on any atom is -0.345 e. The van der Waals surface area contributed by atoms with Gasteiger partial charge in [-0.3, -0.25) is 9.36 Å². The van der Waals surface area contributed by atoms with E-state index in [9.17, 15) is 22.8 Å². The minimum atomic E-state index is -4.57. The predicted octanol–water partition coefficient (Wildman–Crippen LogP) is 2.94. The number of rotatable bonds is 5. The Labute approximate surface area is 178 Å². The molecule has 9 nitrogen and oxygen atoms in total. The Morgan fingerprint density at radius 1 is 1.31 bits per heavy atom. The van der Waals surface area contributed by atoms with Gasteiger partial charge in [0.2, 0.25) is 5.91 Å². The summed E-state index contributed by atoms with van der Waals surface area (Å²) in [4.78, 5) is 43.3. The van der Waals surface area contributed by atoms with E-state index in [2.05, 4.69) is 31.5 Å². The Hall–Kier alpha value is -3.96. The highest BCUT2D eigenvalue weighted by Crippen LogP contribution is 2.28. The van der Waals surface area contributed by atoms with E-state index in [1.807, 2.05) is 13.0 Å². The topological polar surface area (TPSA) is 121 Å². The lowest BCUT2D eigenvalue weighted by molar-refractivity contribution is -0.140. The number of hydrogen-bond donors (Lipinski definition) is 3. The maximum absolute atomic E-state index is 12.4. The summed E-state index contributed by atoms with van der Waals surface area (Å²) in [6, 6.07) is 0.641. The molecule has 4 rings (SSSR count). The quantitative estimate of drug-likeness (QED) is 0.436. The van der Waals surface area contributed by atoms with Crippen LogP contribution in [0.4, 0.5) is 13.2 Å². The smallest absolute Gasteiger partial charge is 0.345 e. The van der Waals surface area contributed by atoms with Crippen LogP contribution in [0.25, 0.3) is 39.2 Å². The van der Waals surface area contributed by atoms with Crippen LogP contribution in [0.5, 0.6) is 0 Å². The fourth-order valence-electron chi connectivity index (χ4n) is 3.28. The van der Waals surface area contributed by atoms with Crippen molar-refractivity contribution in [2.45, 2.75) is 26.1 Å². The highest BCUT2D eigenvalue weighted by molar-refractivity contribution is 5.94. The number of halogens is 3. The zero-order valence-electron chi connectivity index (χ0n) is 17.0. The van der Waals surface area contributed by atoms with Crippen LogP contribution in [-0.2, 0) is 4.79 Å². The number of imidazole rings is 1. The Kier molecular flexibility index (Phi) is 5.07. The molecule has 1 amide bonds. The van der Waals surface area contributed by atoms with Crippen molar-refractivity contribution in [2.75, 3.05) is 6.54 Å². The Balaban J connectivity index is 1.78. The molecule has 0 aromatic carbocycles. The van der Waals surface area contributed by atoms with Gasteiger partial charge in [0.05, 0.1) is 6.20 Å². The van der Waals surface area contributed by atoms with E-state index in [1.165, 1.54) is 13.1 Å². The maximum Gasteiger partial charge on any atom is 0.405 e. The summed E-state index contributed by atoms with van der Waals surface area (Å²) in [7, 11) is 0. The Morgan fingerprint density at radius 3 is 2.75 bits per heavy atom. The third-order valence-corrected chi connectivity index (χ3v) is 4.95. The normalized spacial score (nSPS) is 12.9. The lowest BCUT2D eigenvalue weighted by Crippen LogP contribution is -2.39. The summed E-state index contributed by atoms with van der Waals surface area (Å²) in [5, 5.41) is 2.51. The summed E-state index contributed by atoms with van der Waals surface area (Å²) >= 11 is 0. The molecule has 166 valence electrons. The van der Waals surface area contributed by atoms with Gasteiger partial charge in [0.1, 0.15) is 23.8 Å². The van der Waals surface area contributed by atoms with E-state index >= 15 is 0 Å². The highest BCUT2D eigenvalue weighted by Gasteiger charge is 2.30. The van der Waals surface area contributed by atoms with E-state index in [1.54, 1.807) is 17.7 Å². The van der Waals surface area contributed by atoms with Gasteiger partial charge in [-0.1, -0.05) is 6.58 Å². The summed E-state index contributed by atoms with van der Waals surface area (Å²) in [6.07, 6.45) is 0.155. The van der Waals surface area contributed by atoms with Crippen molar-refractivity contribution in [3.05, 3.63) is 47.3 Å². The molecule has 0 radical (unpaired) electrons. The molecule has 0 saturated carbocycles. The van der Waals surface area contributed by atoms with Crippen LogP contribution in [0.1, 0.15) is 25.5 Å². The highest BCUT2D eigenvalue weighted by atomic mass is 19.4. The van der Waals surface area contributed by atoms with Gasteiger partial charge in [-0.2, -0.15) is 13.2 Å². The third kappa shape index (κ3) is 3.86. The van der Waals surface area contributed by atoms with E-state index in [0.29, 0.717) is 11.2 Å². The molecular weight excluding hydrogens is 427 g/mol. The first-order valence-corrected chi connectivity index (χ1v) is 9.50. The van der Waals surface area contributed by atoms with Gasteiger partial charge in [0, 0.05) is 23.3 Å². The number of alkyl halides is 3. The fraction of sp³-hybridized carbons (Fsp3) is 0.250. The lowest BCUT2D eigenvalue weighted by Gasteiger charge is -2.14. The number of allylic oxidation sites excluding steroid dienone is 1. The molecule has 3 N–H and O–H groups in total. The molecule has 0 bridgehead atoms. The number of H-pyrrole nitrogens is 2. The molecule has 0 aliphatic rings. The Morgan fingerprint density at radius 2 is 2.06 bits per heavy atom. The fourth-order valence-corrected chi connectivity index (χ4v) is 3.28. The maximum atomic E-state index is 12.4. The number of aromatic amines is 2. The molecule has 0 spiro atoms. The number of aromatic nitrogens is 6. The number of carbonyl (C=O) groups is 1. The van der Waals surface area contributed by atoms with Crippen LogP contribution in [0.15, 0.2) is 36.0 Å². The minimum absolute atomic E-state index is 0.0908. The van der Waals surface area contributed by atoms with Crippen molar-refractivity contribution in [3.8, 4) is 11.4 Å². The van der Waals surface area contributed by atoms with Gasteiger partial charge in [-0.25, -0.2) is 19.7 Å². The van der Waals surface area contributed by atoms with Gasteiger partial charge in [0.15, 0.2) is 11.5 Å². The van der Waals surface area contributed by atoms with E-state index < -0.39 is 30.4 Å². The van der Waals surface area contributed by atoms with E-state index in [0.717, 1.165) is 21.1 Å².